The zero-order valence-corrected chi connectivity index (χ0v) is 12.2. The van der Waals surface area contributed by atoms with E-state index >= 15 is 0 Å². The van der Waals surface area contributed by atoms with Crippen molar-refractivity contribution in [2.24, 2.45) is 0 Å². The minimum absolute atomic E-state index is 0.0717. The summed E-state index contributed by atoms with van der Waals surface area (Å²) in [6, 6.07) is 7.65. The van der Waals surface area contributed by atoms with E-state index < -0.39 is 5.97 Å². The van der Waals surface area contributed by atoms with Crippen molar-refractivity contribution >= 4 is 34.0 Å². The molecule has 0 radical (unpaired) electrons. The number of rotatable bonds is 5. The van der Waals surface area contributed by atoms with E-state index in [1.165, 1.54) is 0 Å². The number of carboxylic acid groups (broad SMARTS) is 1. The first-order valence-corrected chi connectivity index (χ1v) is 7.92. The molecule has 0 atom stereocenters. The van der Waals surface area contributed by atoms with Crippen LogP contribution in [0, 0.1) is 0 Å². The topological polar surface area (TPSA) is 54.6 Å². The van der Waals surface area contributed by atoms with Gasteiger partial charge in [0, 0.05) is 28.4 Å². The molecular weight excluding hydrogens is 292 g/mol. The number of benzene rings is 1. The van der Waals surface area contributed by atoms with Crippen LogP contribution >= 0.6 is 23.1 Å². The average molecular weight is 304 g/mol. The van der Waals surface area contributed by atoms with Crippen LogP contribution in [-0.2, 0) is 17.0 Å². The number of fused-ring (bicyclic) bond motifs is 1. The number of carboxylic acids is 1. The second-order valence-electron chi connectivity index (χ2n) is 4.33. The number of hydrogen-bond acceptors (Lipinski definition) is 4. The largest absolute Gasteiger partial charge is 0.481 e. The Labute approximate surface area is 124 Å². The van der Waals surface area contributed by atoms with Crippen molar-refractivity contribution in [1.29, 1.82) is 0 Å². The summed E-state index contributed by atoms with van der Waals surface area (Å²) in [6.07, 6.45) is 4.11. The van der Waals surface area contributed by atoms with Gasteiger partial charge in [-0.2, -0.15) is 0 Å². The number of carbonyl (C=O) groups is 1. The highest BCUT2D eigenvalue weighted by molar-refractivity contribution is 7.98. The number of hydrogen-bond donors (Lipinski definition) is 1. The lowest BCUT2D eigenvalue weighted by Gasteiger charge is -2.01. The summed E-state index contributed by atoms with van der Waals surface area (Å²) in [5, 5.41) is 10.7. The van der Waals surface area contributed by atoms with E-state index in [0.717, 1.165) is 26.9 Å². The lowest BCUT2D eigenvalue weighted by molar-refractivity contribution is -0.136. The first-order valence-electron chi connectivity index (χ1n) is 6.05. The minimum Gasteiger partial charge on any atom is -0.481 e. The SMILES string of the molecule is O=C(O)Cc1ccc(SCc2cn3ccsc3n2)cc1. The van der Waals surface area contributed by atoms with Gasteiger partial charge in [0.2, 0.25) is 0 Å². The Balaban J connectivity index is 1.63. The highest BCUT2D eigenvalue weighted by Crippen LogP contribution is 2.23. The minimum atomic E-state index is -0.802. The molecule has 6 heteroatoms. The molecule has 0 aliphatic carbocycles. The summed E-state index contributed by atoms with van der Waals surface area (Å²) in [5.41, 5.74) is 1.88. The maximum atomic E-state index is 10.6. The Kier molecular flexibility index (Phi) is 3.75. The first kappa shape index (κ1) is 13.2. The van der Waals surface area contributed by atoms with Crippen LogP contribution in [0.15, 0.2) is 46.9 Å². The second kappa shape index (κ2) is 5.68. The van der Waals surface area contributed by atoms with Gasteiger partial charge >= 0.3 is 5.97 Å². The van der Waals surface area contributed by atoms with Crippen LogP contribution in [0.1, 0.15) is 11.3 Å². The third-order valence-electron chi connectivity index (χ3n) is 2.81. The van der Waals surface area contributed by atoms with Gasteiger partial charge in [-0.1, -0.05) is 12.1 Å². The van der Waals surface area contributed by atoms with Gasteiger partial charge in [-0.3, -0.25) is 9.20 Å². The van der Waals surface area contributed by atoms with Crippen LogP contribution in [0.2, 0.25) is 0 Å². The Morgan fingerprint density at radius 3 is 2.85 bits per heavy atom. The maximum absolute atomic E-state index is 10.6. The molecule has 1 aromatic carbocycles. The molecular formula is C14H12N2O2S2. The molecule has 0 bridgehead atoms. The van der Waals surface area contributed by atoms with E-state index in [9.17, 15) is 4.79 Å². The molecule has 0 spiro atoms. The summed E-state index contributed by atoms with van der Waals surface area (Å²) in [4.78, 5) is 17.3. The second-order valence-corrected chi connectivity index (χ2v) is 6.25. The average Bonchev–Trinajstić information content (AvgIpc) is 2.98. The molecule has 2 aromatic heterocycles. The third-order valence-corrected chi connectivity index (χ3v) is 4.62. The Morgan fingerprint density at radius 1 is 1.35 bits per heavy atom. The van der Waals surface area contributed by atoms with Crippen molar-refractivity contribution in [1.82, 2.24) is 9.38 Å². The summed E-state index contributed by atoms with van der Waals surface area (Å²) < 4.78 is 2.02. The van der Waals surface area contributed by atoms with Crippen LogP contribution < -0.4 is 0 Å². The van der Waals surface area contributed by atoms with Crippen LogP contribution in [-0.4, -0.2) is 20.5 Å². The van der Waals surface area contributed by atoms with Gasteiger partial charge in [-0.15, -0.1) is 23.1 Å². The molecule has 102 valence electrons. The predicted molar refractivity (Wildman–Crippen MR) is 80.4 cm³/mol. The molecule has 0 fully saturated rings. The molecule has 20 heavy (non-hydrogen) atoms. The van der Waals surface area contributed by atoms with Gasteiger partial charge in [-0.05, 0) is 17.7 Å². The quantitative estimate of drug-likeness (QED) is 0.735. The van der Waals surface area contributed by atoms with Gasteiger partial charge in [0.1, 0.15) is 0 Å². The number of thiazole rings is 1. The predicted octanol–water partition coefficient (Wildman–Crippen LogP) is 3.32. The van der Waals surface area contributed by atoms with Crippen molar-refractivity contribution in [3.63, 3.8) is 0 Å². The zero-order valence-electron chi connectivity index (χ0n) is 10.5. The summed E-state index contributed by atoms with van der Waals surface area (Å²) in [7, 11) is 0. The number of thioether (sulfide) groups is 1. The van der Waals surface area contributed by atoms with Crippen molar-refractivity contribution in [3.05, 3.63) is 53.3 Å². The summed E-state index contributed by atoms with van der Waals surface area (Å²) in [6.45, 7) is 0. The van der Waals surface area contributed by atoms with Crippen molar-refractivity contribution in [2.75, 3.05) is 0 Å². The molecule has 3 aromatic rings. The van der Waals surface area contributed by atoms with Gasteiger partial charge in [-0.25, -0.2) is 4.98 Å². The highest BCUT2D eigenvalue weighted by atomic mass is 32.2. The third kappa shape index (κ3) is 3.02. The molecule has 0 saturated carbocycles. The van der Waals surface area contributed by atoms with E-state index in [4.69, 9.17) is 5.11 Å². The fourth-order valence-corrected chi connectivity index (χ4v) is 3.38. The molecule has 1 N–H and O–H groups in total. The molecule has 0 aliphatic heterocycles. The molecule has 0 aliphatic rings. The van der Waals surface area contributed by atoms with E-state index in [-0.39, 0.29) is 6.42 Å². The number of aliphatic carboxylic acids is 1. The van der Waals surface area contributed by atoms with Crippen LogP contribution in [0.25, 0.3) is 4.96 Å². The monoisotopic (exact) mass is 304 g/mol. The number of nitrogens with zero attached hydrogens (tertiary/aromatic N) is 2. The molecule has 0 amide bonds. The van der Waals surface area contributed by atoms with Crippen molar-refractivity contribution < 1.29 is 9.90 Å². The maximum Gasteiger partial charge on any atom is 0.307 e. The number of imidazole rings is 1. The van der Waals surface area contributed by atoms with Crippen LogP contribution in [0.3, 0.4) is 0 Å². The number of aromatic nitrogens is 2. The standard InChI is InChI=1S/C14H12N2O2S2/c17-13(18)7-10-1-3-12(4-2-10)20-9-11-8-16-5-6-19-14(16)15-11/h1-6,8H,7,9H2,(H,17,18). The van der Waals surface area contributed by atoms with Crippen molar-refractivity contribution in [3.8, 4) is 0 Å². The van der Waals surface area contributed by atoms with Crippen molar-refractivity contribution in [2.45, 2.75) is 17.1 Å². The zero-order chi connectivity index (χ0) is 13.9. The Bertz CT molecular complexity index is 703. The molecule has 0 unspecified atom stereocenters. The van der Waals surface area contributed by atoms with E-state index in [2.05, 4.69) is 4.98 Å². The van der Waals surface area contributed by atoms with Crippen LogP contribution in [0.4, 0.5) is 0 Å². The van der Waals surface area contributed by atoms with Gasteiger partial charge in [0.05, 0.1) is 12.1 Å². The van der Waals surface area contributed by atoms with Gasteiger partial charge in [0.15, 0.2) is 4.96 Å². The highest BCUT2D eigenvalue weighted by Gasteiger charge is 2.04. The summed E-state index contributed by atoms with van der Waals surface area (Å²) in [5.74, 6) is 0.00985. The Hall–Kier alpha value is -1.79. The fourth-order valence-electron chi connectivity index (χ4n) is 1.88. The lowest BCUT2D eigenvalue weighted by Crippen LogP contribution is -1.99. The molecule has 2 heterocycles. The van der Waals surface area contributed by atoms with Crippen LogP contribution in [0.5, 0.6) is 0 Å². The molecule has 4 nitrogen and oxygen atoms in total. The first-order chi connectivity index (χ1) is 9.70. The normalized spacial score (nSPS) is 11.0. The van der Waals surface area contributed by atoms with Gasteiger partial charge in [0.25, 0.3) is 0 Å². The molecule has 0 saturated heterocycles. The summed E-state index contributed by atoms with van der Waals surface area (Å²) >= 11 is 3.33. The smallest absolute Gasteiger partial charge is 0.307 e. The van der Waals surface area contributed by atoms with Gasteiger partial charge < -0.3 is 5.11 Å². The Morgan fingerprint density at radius 2 is 2.15 bits per heavy atom. The van der Waals surface area contributed by atoms with E-state index in [1.807, 2.05) is 46.4 Å². The van der Waals surface area contributed by atoms with E-state index in [0.29, 0.717) is 0 Å². The molecule has 3 rings (SSSR count). The van der Waals surface area contributed by atoms with E-state index in [1.54, 1.807) is 23.1 Å². The lowest BCUT2D eigenvalue weighted by atomic mass is 10.2. The fraction of sp³-hybridized carbons (Fsp3) is 0.143.